The second-order valence-electron chi connectivity index (χ2n) is 4.25. The summed E-state index contributed by atoms with van der Waals surface area (Å²) in [5.41, 5.74) is 1.13. The van der Waals surface area contributed by atoms with Gasteiger partial charge in [-0.15, -0.1) is 0 Å². The normalized spacial score (nSPS) is 10.3. The van der Waals surface area contributed by atoms with Crippen LogP contribution in [0.1, 0.15) is 5.56 Å². The van der Waals surface area contributed by atoms with Gasteiger partial charge in [-0.1, -0.05) is 41.9 Å². The molecule has 2 rings (SSSR count). The molecule has 0 amide bonds. The van der Waals surface area contributed by atoms with Crippen LogP contribution in [-0.2, 0) is 6.54 Å². The maximum absolute atomic E-state index is 9.25. The SMILES string of the molecule is CNc1ncc(Cl)c(N(CCO)Cc2ccccc2)n1. The number of nitrogens with zero attached hydrogens (tertiary/aromatic N) is 3. The molecule has 0 saturated heterocycles. The van der Waals surface area contributed by atoms with Crippen LogP contribution in [0.4, 0.5) is 11.8 Å². The van der Waals surface area contributed by atoms with Crippen LogP contribution in [-0.4, -0.2) is 35.3 Å². The van der Waals surface area contributed by atoms with Crippen LogP contribution in [0.3, 0.4) is 0 Å². The van der Waals surface area contributed by atoms with Gasteiger partial charge in [0, 0.05) is 20.1 Å². The molecule has 0 saturated carbocycles. The molecule has 0 atom stereocenters. The van der Waals surface area contributed by atoms with E-state index in [4.69, 9.17) is 11.6 Å². The van der Waals surface area contributed by atoms with Crippen molar-refractivity contribution in [2.24, 2.45) is 0 Å². The lowest BCUT2D eigenvalue weighted by molar-refractivity contribution is 0.301. The molecular weight excluding hydrogens is 276 g/mol. The lowest BCUT2D eigenvalue weighted by Crippen LogP contribution is -2.27. The van der Waals surface area contributed by atoms with Crippen molar-refractivity contribution >= 4 is 23.4 Å². The minimum atomic E-state index is 0.0298. The maximum atomic E-state index is 9.25. The first kappa shape index (κ1) is 14.6. The first-order valence-electron chi connectivity index (χ1n) is 6.34. The highest BCUT2D eigenvalue weighted by Crippen LogP contribution is 2.25. The summed E-state index contributed by atoms with van der Waals surface area (Å²) in [6.07, 6.45) is 1.56. The molecule has 6 heteroatoms. The van der Waals surface area contributed by atoms with E-state index in [0.717, 1.165) is 5.56 Å². The van der Waals surface area contributed by atoms with Crippen molar-refractivity contribution in [3.63, 3.8) is 0 Å². The molecule has 0 unspecified atom stereocenters. The largest absolute Gasteiger partial charge is 0.395 e. The standard InChI is InChI=1S/C14H17ClN4O/c1-16-14-17-9-12(15)13(18-14)19(7-8-20)10-11-5-3-2-4-6-11/h2-6,9,20H,7-8,10H2,1H3,(H,16,17,18). The zero-order valence-electron chi connectivity index (χ0n) is 11.3. The van der Waals surface area contributed by atoms with Gasteiger partial charge in [-0.05, 0) is 5.56 Å². The number of aromatic nitrogens is 2. The average Bonchev–Trinajstić information content (AvgIpc) is 2.48. The number of nitrogens with one attached hydrogen (secondary N) is 1. The monoisotopic (exact) mass is 292 g/mol. The molecule has 1 heterocycles. The van der Waals surface area contributed by atoms with Gasteiger partial charge in [-0.25, -0.2) is 4.98 Å². The van der Waals surface area contributed by atoms with Gasteiger partial charge in [-0.3, -0.25) is 0 Å². The molecule has 0 aliphatic heterocycles. The fraction of sp³-hybridized carbons (Fsp3) is 0.286. The van der Waals surface area contributed by atoms with Gasteiger partial charge in [0.05, 0.1) is 12.8 Å². The Morgan fingerprint density at radius 3 is 2.70 bits per heavy atom. The van der Waals surface area contributed by atoms with E-state index in [1.54, 1.807) is 13.2 Å². The molecule has 0 fully saturated rings. The highest BCUT2D eigenvalue weighted by Gasteiger charge is 2.13. The minimum absolute atomic E-state index is 0.0298. The van der Waals surface area contributed by atoms with Crippen molar-refractivity contribution in [3.8, 4) is 0 Å². The maximum Gasteiger partial charge on any atom is 0.224 e. The van der Waals surface area contributed by atoms with E-state index in [-0.39, 0.29) is 6.61 Å². The first-order valence-corrected chi connectivity index (χ1v) is 6.72. The van der Waals surface area contributed by atoms with Crippen molar-refractivity contribution < 1.29 is 5.11 Å². The van der Waals surface area contributed by atoms with Crippen molar-refractivity contribution in [3.05, 3.63) is 47.1 Å². The molecule has 106 valence electrons. The molecule has 0 bridgehead atoms. The number of aliphatic hydroxyl groups excluding tert-OH is 1. The fourth-order valence-corrected chi connectivity index (χ4v) is 2.10. The molecule has 0 aliphatic rings. The number of hydrogen-bond acceptors (Lipinski definition) is 5. The lowest BCUT2D eigenvalue weighted by atomic mass is 10.2. The number of rotatable bonds is 6. The molecule has 2 aromatic rings. The number of aliphatic hydroxyl groups is 1. The zero-order chi connectivity index (χ0) is 14.4. The molecule has 1 aromatic carbocycles. The molecule has 2 N–H and O–H groups in total. The molecule has 20 heavy (non-hydrogen) atoms. The summed E-state index contributed by atoms with van der Waals surface area (Å²) >= 11 is 6.17. The minimum Gasteiger partial charge on any atom is -0.395 e. The third-order valence-electron chi connectivity index (χ3n) is 2.83. The van der Waals surface area contributed by atoms with Gasteiger partial charge in [-0.2, -0.15) is 4.98 Å². The summed E-state index contributed by atoms with van der Waals surface area (Å²) in [5, 5.41) is 12.6. The number of halogens is 1. The van der Waals surface area contributed by atoms with Gasteiger partial charge in [0.25, 0.3) is 0 Å². The summed E-state index contributed by atoms with van der Waals surface area (Å²) in [6, 6.07) is 9.98. The van der Waals surface area contributed by atoms with Crippen LogP contribution in [0.2, 0.25) is 5.02 Å². The van der Waals surface area contributed by atoms with Gasteiger partial charge in [0.2, 0.25) is 5.95 Å². The van der Waals surface area contributed by atoms with Crippen LogP contribution >= 0.6 is 11.6 Å². The van der Waals surface area contributed by atoms with E-state index >= 15 is 0 Å². The molecule has 0 radical (unpaired) electrons. The Bertz CT molecular complexity index is 550. The van der Waals surface area contributed by atoms with Gasteiger partial charge >= 0.3 is 0 Å². The fourth-order valence-electron chi connectivity index (χ4n) is 1.88. The van der Waals surface area contributed by atoms with Crippen LogP contribution in [0, 0.1) is 0 Å². The summed E-state index contributed by atoms with van der Waals surface area (Å²) < 4.78 is 0. The van der Waals surface area contributed by atoms with E-state index in [1.807, 2.05) is 35.2 Å². The van der Waals surface area contributed by atoms with Gasteiger partial charge < -0.3 is 15.3 Å². The second-order valence-corrected chi connectivity index (χ2v) is 4.65. The Labute approximate surface area is 123 Å². The number of anilines is 2. The molecule has 5 nitrogen and oxygen atoms in total. The highest BCUT2D eigenvalue weighted by molar-refractivity contribution is 6.32. The highest BCUT2D eigenvalue weighted by atomic mass is 35.5. The predicted octanol–water partition coefficient (Wildman–Crippen LogP) is 2.17. The Kier molecular flexibility index (Phi) is 5.15. The van der Waals surface area contributed by atoms with Gasteiger partial charge in [0.1, 0.15) is 5.02 Å². The van der Waals surface area contributed by atoms with Crippen LogP contribution in [0.15, 0.2) is 36.5 Å². The first-order chi connectivity index (χ1) is 9.74. The van der Waals surface area contributed by atoms with Crippen molar-refractivity contribution in [1.82, 2.24) is 9.97 Å². The Morgan fingerprint density at radius 2 is 2.05 bits per heavy atom. The van der Waals surface area contributed by atoms with E-state index < -0.39 is 0 Å². The second kappa shape index (κ2) is 7.07. The quantitative estimate of drug-likeness (QED) is 0.854. The molecule has 1 aromatic heterocycles. The van der Waals surface area contributed by atoms with Crippen molar-refractivity contribution in [2.75, 3.05) is 30.4 Å². The smallest absolute Gasteiger partial charge is 0.224 e. The number of benzene rings is 1. The average molecular weight is 293 g/mol. The summed E-state index contributed by atoms with van der Waals surface area (Å²) in [6.45, 7) is 1.11. The topological polar surface area (TPSA) is 61.3 Å². The Hall–Kier alpha value is -1.85. The Balaban J connectivity index is 2.28. The predicted molar refractivity (Wildman–Crippen MR) is 81.2 cm³/mol. The lowest BCUT2D eigenvalue weighted by Gasteiger charge is -2.24. The summed E-state index contributed by atoms with van der Waals surface area (Å²) in [4.78, 5) is 10.4. The van der Waals surface area contributed by atoms with Crippen LogP contribution < -0.4 is 10.2 Å². The molecule has 0 spiro atoms. The summed E-state index contributed by atoms with van der Waals surface area (Å²) in [7, 11) is 1.75. The Morgan fingerprint density at radius 1 is 1.30 bits per heavy atom. The van der Waals surface area contributed by atoms with E-state index in [0.29, 0.717) is 29.9 Å². The molecular formula is C14H17ClN4O. The third-order valence-corrected chi connectivity index (χ3v) is 3.10. The van der Waals surface area contributed by atoms with E-state index in [2.05, 4.69) is 15.3 Å². The summed E-state index contributed by atoms with van der Waals surface area (Å²) in [5.74, 6) is 1.12. The van der Waals surface area contributed by atoms with Crippen molar-refractivity contribution in [1.29, 1.82) is 0 Å². The molecule has 0 aliphatic carbocycles. The van der Waals surface area contributed by atoms with Crippen molar-refractivity contribution in [2.45, 2.75) is 6.54 Å². The van der Waals surface area contributed by atoms with Crippen LogP contribution in [0.25, 0.3) is 0 Å². The van der Waals surface area contributed by atoms with Crippen LogP contribution in [0.5, 0.6) is 0 Å². The van der Waals surface area contributed by atoms with E-state index in [9.17, 15) is 5.11 Å². The van der Waals surface area contributed by atoms with E-state index in [1.165, 1.54) is 0 Å². The number of hydrogen-bond donors (Lipinski definition) is 2. The van der Waals surface area contributed by atoms with Gasteiger partial charge in [0.15, 0.2) is 5.82 Å². The zero-order valence-corrected chi connectivity index (χ0v) is 12.0. The third kappa shape index (κ3) is 3.59.